The first-order chi connectivity index (χ1) is 9.94. The molecular formula is C14H17BrN2O2S2. The predicted molar refractivity (Wildman–Crippen MR) is 90.0 cm³/mol. The van der Waals surface area contributed by atoms with Crippen molar-refractivity contribution in [1.82, 2.24) is 10.0 Å². The molecule has 0 spiro atoms. The maximum Gasteiger partial charge on any atom is 0.242 e. The largest absolute Gasteiger partial charge is 0.315 e. The number of halogens is 1. The normalized spacial score (nSPS) is 13.3. The van der Waals surface area contributed by atoms with Crippen molar-refractivity contribution in [3.05, 3.63) is 50.6 Å². The molecule has 0 aliphatic carbocycles. The second-order valence-corrected chi connectivity index (χ2v) is 8.24. The third kappa shape index (κ3) is 4.14. The van der Waals surface area contributed by atoms with Crippen LogP contribution in [0.3, 0.4) is 0 Å². The third-order valence-electron chi connectivity index (χ3n) is 3.01. The number of thiophene rings is 1. The molecule has 1 aromatic carbocycles. The second kappa shape index (κ2) is 7.02. The van der Waals surface area contributed by atoms with Crippen LogP contribution in [0.2, 0.25) is 0 Å². The lowest BCUT2D eigenvalue weighted by Gasteiger charge is -2.15. The van der Waals surface area contributed by atoms with Crippen molar-refractivity contribution in [3.8, 4) is 0 Å². The molecule has 1 aromatic heterocycles. The second-order valence-electron chi connectivity index (χ2n) is 4.64. The topological polar surface area (TPSA) is 58.2 Å². The van der Waals surface area contributed by atoms with Crippen LogP contribution in [0.5, 0.6) is 0 Å². The first kappa shape index (κ1) is 16.6. The van der Waals surface area contributed by atoms with E-state index in [2.05, 4.69) is 26.0 Å². The van der Waals surface area contributed by atoms with E-state index in [0.717, 1.165) is 14.9 Å². The van der Waals surface area contributed by atoms with Crippen LogP contribution in [0, 0.1) is 0 Å². The van der Waals surface area contributed by atoms with E-state index in [0.29, 0.717) is 11.4 Å². The Bertz CT molecular complexity index is 713. The van der Waals surface area contributed by atoms with Gasteiger partial charge < -0.3 is 5.32 Å². The molecule has 0 bridgehead atoms. The first-order valence-electron chi connectivity index (χ1n) is 6.43. The number of benzene rings is 1. The highest BCUT2D eigenvalue weighted by atomic mass is 79.9. The zero-order valence-corrected chi connectivity index (χ0v) is 15.0. The van der Waals surface area contributed by atoms with Crippen LogP contribution in [0.1, 0.15) is 23.4 Å². The maximum atomic E-state index is 12.5. The molecule has 0 aliphatic rings. The summed E-state index contributed by atoms with van der Waals surface area (Å²) in [6.45, 7) is 2.38. The first-order valence-corrected chi connectivity index (χ1v) is 9.58. The molecule has 1 unspecified atom stereocenters. The summed E-state index contributed by atoms with van der Waals surface area (Å²) in [5, 5.41) is 4.78. The minimum absolute atomic E-state index is 0.296. The Morgan fingerprint density at radius 2 is 2.10 bits per heavy atom. The van der Waals surface area contributed by atoms with Gasteiger partial charge in [0.15, 0.2) is 0 Å². The average Bonchev–Trinajstić information content (AvgIpc) is 2.88. The molecule has 114 valence electrons. The summed E-state index contributed by atoms with van der Waals surface area (Å²) in [5.41, 5.74) is 0.915. The number of sulfonamides is 1. The molecule has 2 aromatic rings. The van der Waals surface area contributed by atoms with Crippen LogP contribution in [-0.4, -0.2) is 15.5 Å². The van der Waals surface area contributed by atoms with Crippen LogP contribution in [0.15, 0.2) is 45.1 Å². The highest BCUT2D eigenvalue weighted by Gasteiger charge is 2.22. The lowest BCUT2D eigenvalue weighted by atomic mass is 10.1. The number of hydrogen-bond donors (Lipinski definition) is 2. The lowest BCUT2D eigenvalue weighted by Crippen LogP contribution is -2.27. The minimum Gasteiger partial charge on any atom is -0.315 e. The van der Waals surface area contributed by atoms with Gasteiger partial charge in [-0.3, -0.25) is 0 Å². The fraction of sp³-hybridized carbons (Fsp3) is 0.286. The zero-order valence-electron chi connectivity index (χ0n) is 11.8. The summed E-state index contributed by atoms with van der Waals surface area (Å²) in [6, 6.07) is 8.97. The van der Waals surface area contributed by atoms with Gasteiger partial charge in [0.2, 0.25) is 10.0 Å². The molecule has 2 N–H and O–H groups in total. The minimum atomic E-state index is -3.52. The van der Waals surface area contributed by atoms with Gasteiger partial charge in [-0.25, -0.2) is 13.1 Å². The van der Waals surface area contributed by atoms with E-state index in [4.69, 9.17) is 0 Å². The average molecular weight is 389 g/mol. The monoisotopic (exact) mass is 388 g/mol. The van der Waals surface area contributed by atoms with Crippen molar-refractivity contribution in [3.63, 3.8) is 0 Å². The Morgan fingerprint density at radius 3 is 2.76 bits per heavy atom. The molecule has 1 heterocycles. The van der Waals surface area contributed by atoms with E-state index in [1.54, 1.807) is 18.5 Å². The van der Waals surface area contributed by atoms with E-state index in [1.165, 1.54) is 11.3 Å². The van der Waals surface area contributed by atoms with E-state index in [9.17, 15) is 8.42 Å². The number of hydrogen-bond acceptors (Lipinski definition) is 4. The molecule has 7 heteroatoms. The van der Waals surface area contributed by atoms with Gasteiger partial charge in [-0.2, -0.15) is 0 Å². The Labute approximate surface area is 137 Å². The Balaban J connectivity index is 2.23. The predicted octanol–water partition coefficient (Wildman–Crippen LogP) is 3.27. The van der Waals surface area contributed by atoms with Gasteiger partial charge in [0.1, 0.15) is 0 Å². The van der Waals surface area contributed by atoms with E-state index in [1.807, 2.05) is 31.2 Å². The van der Waals surface area contributed by atoms with Gasteiger partial charge in [0, 0.05) is 21.9 Å². The molecular weight excluding hydrogens is 372 g/mol. The number of rotatable bonds is 6. The van der Waals surface area contributed by atoms with Crippen LogP contribution in [-0.2, 0) is 16.6 Å². The Morgan fingerprint density at radius 1 is 1.33 bits per heavy atom. The summed E-state index contributed by atoms with van der Waals surface area (Å²) in [6.07, 6.45) is 0. The molecule has 0 amide bonds. The summed E-state index contributed by atoms with van der Waals surface area (Å²) < 4.78 is 28.7. The molecule has 0 radical (unpaired) electrons. The standard InChI is InChI=1S/C14H17BrN2O2S2/c1-10(11-4-3-5-12(15)8-11)17-21(18,19)14-6-7-20-13(14)9-16-2/h3-8,10,16-17H,9H2,1-2H3. The molecule has 0 aliphatic heterocycles. The molecule has 4 nitrogen and oxygen atoms in total. The quantitative estimate of drug-likeness (QED) is 0.797. The van der Waals surface area contributed by atoms with Crippen molar-refractivity contribution >= 4 is 37.3 Å². The smallest absolute Gasteiger partial charge is 0.242 e. The summed E-state index contributed by atoms with van der Waals surface area (Å²) in [5.74, 6) is 0. The van der Waals surface area contributed by atoms with Crippen LogP contribution >= 0.6 is 27.3 Å². The summed E-state index contributed by atoms with van der Waals surface area (Å²) in [4.78, 5) is 1.16. The zero-order chi connectivity index (χ0) is 15.5. The van der Waals surface area contributed by atoms with Crippen LogP contribution in [0.4, 0.5) is 0 Å². The van der Waals surface area contributed by atoms with E-state index >= 15 is 0 Å². The molecule has 1 atom stereocenters. The van der Waals surface area contributed by atoms with Crippen molar-refractivity contribution in [2.24, 2.45) is 0 Å². The SMILES string of the molecule is CNCc1sccc1S(=O)(=O)NC(C)c1cccc(Br)c1. The van der Waals surface area contributed by atoms with Crippen molar-refractivity contribution in [1.29, 1.82) is 0 Å². The fourth-order valence-electron chi connectivity index (χ4n) is 2.00. The molecule has 21 heavy (non-hydrogen) atoms. The summed E-state index contributed by atoms with van der Waals surface area (Å²) >= 11 is 4.83. The summed E-state index contributed by atoms with van der Waals surface area (Å²) in [7, 11) is -1.73. The fourth-order valence-corrected chi connectivity index (χ4v) is 5.10. The Kier molecular flexibility index (Phi) is 5.56. The van der Waals surface area contributed by atoms with Gasteiger partial charge in [-0.05, 0) is 43.1 Å². The van der Waals surface area contributed by atoms with Crippen LogP contribution < -0.4 is 10.0 Å². The molecule has 0 fully saturated rings. The van der Waals surface area contributed by atoms with Crippen LogP contribution in [0.25, 0.3) is 0 Å². The van der Waals surface area contributed by atoms with E-state index < -0.39 is 10.0 Å². The highest BCUT2D eigenvalue weighted by Crippen LogP contribution is 2.24. The molecule has 0 saturated carbocycles. The van der Waals surface area contributed by atoms with E-state index in [-0.39, 0.29) is 6.04 Å². The van der Waals surface area contributed by atoms with Gasteiger partial charge in [0.05, 0.1) is 4.90 Å². The highest BCUT2D eigenvalue weighted by molar-refractivity contribution is 9.10. The maximum absolute atomic E-state index is 12.5. The van der Waals surface area contributed by atoms with Gasteiger partial charge >= 0.3 is 0 Å². The van der Waals surface area contributed by atoms with Gasteiger partial charge in [-0.15, -0.1) is 11.3 Å². The lowest BCUT2D eigenvalue weighted by molar-refractivity contribution is 0.566. The molecule has 0 saturated heterocycles. The van der Waals surface area contributed by atoms with Gasteiger partial charge in [-0.1, -0.05) is 28.1 Å². The van der Waals surface area contributed by atoms with Crippen molar-refractivity contribution in [2.45, 2.75) is 24.4 Å². The number of nitrogens with one attached hydrogen (secondary N) is 2. The molecule has 2 rings (SSSR count). The van der Waals surface area contributed by atoms with Gasteiger partial charge in [0.25, 0.3) is 0 Å². The third-order valence-corrected chi connectivity index (χ3v) is 6.18. The Hall–Kier alpha value is -0.730. The van der Waals surface area contributed by atoms with Crippen molar-refractivity contribution < 1.29 is 8.42 Å². The van der Waals surface area contributed by atoms with Crippen molar-refractivity contribution in [2.75, 3.05) is 7.05 Å².